The number of halogens is 2. The van der Waals surface area contributed by atoms with Crippen LogP contribution in [0.25, 0.3) is 0 Å². The lowest BCUT2D eigenvalue weighted by atomic mass is 10.1. The van der Waals surface area contributed by atoms with Crippen molar-refractivity contribution in [1.82, 2.24) is 0 Å². The quantitative estimate of drug-likeness (QED) is 0.749. The first-order valence-electron chi connectivity index (χ1n) is 5.52. The van der Waals surface area contributed by atoms with Crippen molar-refractivity contribution in [3.63, 3.8) is 0 Å². The summed E-state index contributed by atoms with van der Waals surface area (Å²) in [6.07, 6.45) is 0. The molecular formula is C14H7ClFNO2. The van der Waals surface area contributed by atoms with Crippen molar-refractivity contribution in [3.8, 4) is 0 Å². The molecule has 0 atom stereocenters. The number of hydrogen-bond donors (Lipinski definition) is 0. The van der Waals surface area contributed by atoms with E-state index in [4.69, 9.17) is 11.6 Å². The van der Waals surface area contributed by atoms with Gasteiger partial charge in [-0.2, -0.15) is 0 Å². The number of hydrogen-bond acceptors (Lipinski definition) is 2. The van der Waals surface area contributed by atoms with Gasteiger partial charge in [-0.25, -0.2) is 9.29 Å². The molecule has 2 aromatic rings. The lowest BCUT2D eigenvalue weighted by Crippen LogP contribution is -2.29. The highest BCUT2D eigenvalue weighted by Gasteiger charge is 2.36. The van der Waals surface area contributed by atoms with E-state index < -0.39 is 17.6 Å². The van der Waals surface area contributed by atoms with Crippen molar-refractivity contribution in [3.05, 3.63) is 64.4 Å². The first-order valence-corrected chi connectivity index (χ1v) is 5.90. The van der Waals surface area contributed by atoms with Crippen molar-refractivity contribution in [2.45, 2.75) is 0 Å². The smallest absolute Gasteiger partial charge is 0.266 e. The molecule has 1 heterocycles. The van der Waals surface area contributed by atoms with E-state index in [0.717, 1.165) is 11.0 Å². The molecule has 0 radical (unpaired) electrons. The third kappa shape index (κ3) is 1.72. The number of anilines is 1. The summed E-state index contributed by atoms with van der Waals surface area (Å²) in [6, 6.07) is 10.3. The van der Waals surface area contributed by atoms with Gasteiger partial charge in [-0.05, 0) is 30.3 Å². The Hall–Kier alpha value is -2.20. The zero-order valence-corrected chi connectivity index (χ0v) is 10.3. The summed E-state index contributed by atoms with van der Waals surface area (Å²) in [6.45, 7) is 0. The SMILES string of the molecule is O=C1c2ccccc2C(=O)N1c1ccc(F)c(Cl)c1. The normalized spacial score (nSPS) is 13.9. The van der Waals surface area contributed by atoms with Crippen LogP contribution in [0.1, 0.15) is 20.7 Å². The highest BCUT2D eigenvalue weighted by Crippen LogP contribution is 2.30. The van der Waals surface area contributed by atoms with Gasteiger partial charge in [-0.15, -0.1) is 0 Å². The van der Waals surface area contributed by atoms with Gasteiger partial charge in [0.15, 0.2) is 0 Å². The average molecular weight is 276 g/mol. The van der Waals surface area contributed by atoms with Crippen molar-refractivity contribution in [2.75, 3.05) is 4.90 Å². The molecule has 0 N–H and O–H groups in total. The van der Waals surface area contributed by atoms with Crippen LogP contribution in [-0.2, 0) is 0 Å². The molecule has 0 fully saturated rings. The van der Waals surface area contributed by atoms with Crippen molar-refractivity contribution in [2.24, 2.45) is 0 Å². The van der Waals surface area contributed by atoms with Crippen molar-refractivity contribution in [1.29, 1.82) is 0 Å². The topological polar surface area (TPSA) is 37.4 Å². The molecule has 3 nitrogen and oxygen atoms in total. The maximum Gasteiger partial charge on any atom is 0.266 e. The van der Waals surface area contributed by atoms with E-state index in [2.05, 4.69) is 0 Å². The Balaban J connectivity index is 2.11. The summed E-state index contributed by atoms with van der Waals surface area (Å²) < 4.78 is 13.1. The Morgan fingerprint density at radius 2 is 1.53 bits per heavy atom. The standard InChI is InChI=1S/C14H7ClFNO2/c15-11-7-8(5-6-12(11)16)17-13(18)9-3-1-2-4-10(9)14(17)19/h1-7H. The summed E-state index contributed by atoms with van der Waals surface area (Å²) >= 11 is 5.67. The molecule has 0 aliphatic carbocycles. The van der Waals surface area contributed by atoms with Gasteiger partial charge in [-0.1, -0.05) is 23.7 Å². The van der Waals surface area contributed by atoms with Gasteiger partial charge in [0.1, 0.15) is 5.82 Å². The van der Waals surface area contributed by atoms with Crippen LogP contribution in [0.2, 0.25) is 5.02 Å². The Bertz CT molecular complexity index is 679. The van der Waals surface area contributed by atoms with Gasteiger partial charge in [-0.3, -0.25) is 9.59 Å². The highest BCUT2D eigenvalue weighted by molar-refractivity contribution is 6.35. The van der Waals surface area contributed by atoms with Gasteiger partial charge in [0.2, 0.25) is 0 Å². The van der Waals surface area contributed by atoms with E-state index in [1.807, 2.05) is 0 Å². The molecule has 5 heteroatoms. The minimum Gasteiger partial charge on any atom is -0.268 e. The Kier molecular flexibility index (Phi) is 2.61. The number of benzene rings is 2. The molecule has 2 aromatic carbocycles. The third-order valence-electron chi connectivity index (χ3n) is 2.96. The Morgan fingerprint density at radius 3 is 2.05 bits per heavy atom. The van der Waals surface area contributed by atoms with Crippen LogP contribution >= 0.6 is 11.6 Å². The molecule has 0 aromatic heterocycles. The van der Waals surface area contributed by atoms with Crippen LogP contribution < -0.4 is 4.90 Å². The number of nitrogens with zero attached hydrogens (tertiary/aromatic N) is 1. The molecule has 0 unspecified atom stereocenters. The fourth-order valence-corrected chi connectivity index (χ4v) is 2.22. The van der Waals surface area contributed by atoms with Crippen molar-refractivity contribution >= 4 is 29.1 Å². The minimum absolute atomic E-state index is 0.131. The van der Waals surface area contributed by atoms with E-state index >= 15 is 0 Å². The third-order valence-corrected chi connectivity index (χ3v) is 3.25. The lowest BCUT2D eigenvalue weighted by molar-refractivity contribution is 0.0926. The Labute approximate surface area is 113 Å². The molecular weight excluding hydrogens is 269 g/mol. The van der Waals surface area contributed by atoms with Gasteiger partial charge >= 0.3 is 0 Å². The van der Waals surface area contributed by atoms with Crippen LogP contribution in [-0.4, -0.2) is 11.8 Å². The van der Waals surface area contributed by atoms with Gasteiger partial charge in [0.05, 0.1) is 21.8 Å². The molecule has 2 amide bonds. The maximum absolute atomic E-state index is 13.1. The second kappa shape index (κ2) is 4.17. The monoisotopic (exact) mass is 275 g/mol. The van der Waals surface area contributed by atoms with E-state index in [-0.39, 0.29) is 10.7 Å². The number of carbonyl (C=O) groups excluding carboxylic acids is 2. The second-order valence-electron chi connectivity index (χ2n) is 4.09. The molecule has 94 valence electrons. The highest BCUT2D eigenvalue weighted by atomic mass is 35.5. The number of carbonyl (C=O) groups is 2. The minimum atomic E-state index is -0.595. The first-order chi connectivity index (χ1) is 9.09. The molecule has 0 saturated heterocycles. The number of imide groups is 1. The van der Waals surface area contributed by atoms with Gasteiger partial charge < -0.3 is 0 Å². The number of amides is 2. The summed E-state index contributed by atoms with van der Waals surface area (Å²) in [5.74, 6) is -1.45. The van der Waals surface area contributed by atoms with E-state index in [1.54, 1.807) is 24.3 Å². The van der Waals surface area contributed by atoms with E-state index in [0.29, 0.717) is 11.1 Å². The fraction of sp³-hybridized carbons (Fsp3) is 0. The fourth-order valence-electron chi connectivity index (χ4n) is 2.05. The zero-order chi connectivity index (χ0) is 13.6. The van der Waals surface area contributed by atoms with Gasteiger partial charge in [0.25, 0.3) is 11.8 Å². The molecule has 0 spiro atoms. The zero-order valence-electron chi connectivity index (χ0n) is 9.56. The molecule has 0 saturated carbocycles. The summed E-state index contributed by atoms with van der Waals surface area (Å²) in [5.41, 5.74) is 0.943. The molecule has 1 aliphatic heterocycles. The molecule has 1 aliphatic rings. The van der Waals surface area contributed by atoms with Crippen LogP contribution in [0, 0.1) is 5.82 Å². The second-order valence-corrected chi connectivity index (χ2v) is 4.50. The Morgan fingerprint density at radius 1 is 0.947 bits per heavy atom. The van der Waals surface area contributed by atoms with Gasteiger partial charge in [0, 0.05) is 0 Å². The van der Waals surface area contributed by atoms with Crippen LogP contribution in [0.15, 0.2) is 42.5 Å². The number of rotatable bonds is 1. The summed E-state index contributed by atoms with van der Waals surface area (Å²) in [5, 5.41) is -0.131. The van der Waals surface area contributed by atoms with Crippen LogP contribution in [0.4, 0.5) is 10.1 Å². The maximum atomic E-state index is 13.1. The average Bonchev–Trinajstić information content (AvgIpc) is 2.66. The molecule has 19 heavy (non-hydrogen) atoms. The molecule has 3 rings (SSSR count). The summed E-state index contributed by atoms with van der Waals surface area (Å²) in [4.78, 5) is 25.3. The van der Waals surface area contributed by atoms with Crippen LogP contribution in [0.5, 0.6) is 0 Å². The number of fused-ring (bicyclic) bond motifs is 1. The molecule has 0 bridgehead atoms. The predicted molar refractivity (Wildman–Crippen MR) is 69.0 cm³/mol. The summed E-state index contributed by atoms with van der Waals surface area (Å²) in [7, 11) is 0. The van der Waals surface area contributed by atoms with E-state index in [1.165, 1.54) is 12.1 Å². The lowest BCUT2D eigenvalue weighted by Gasteiger charge is -2.14. The first kappa shape index (κ1) is 11.9. The van der Waals surface area contributed by atoms with Crippen molar-refractivity contribution < 1.29 is 14.0 Å². The van der Waals surface area contributed by atoms with E-state index in [9.17, 15) is 14.0 Å². The largest absolute Gasteiger partial charge is 0.268 e. The van der Waals surface area contributed by atoms with Crippen LogP contribution in [0.3, 0.4) is 0 Å². The predicted octanol–water partition coefficient (Wildman–Crippen LogP) is 3.28.